The van der Waals surface area contributed by atoms with Gasteiger partial charge in [0.15, 0.2) is 0 Å². The molecule has 15 aromatic rings. The Morgan fingerprint density at radius 1 is 0.279 bits per heavy atom. The summed E-state index contributed by atoms with van der Waals surface area (Å²) in [6.45, 7) is 27.5. The Morgan fingerprint density at radius 3 is 0.721 bits per heavy atom. The molecular weight excluding hydrogens is 1840 g/mol. The Labute approximate surface area is 867 Å². The maximum Gasteiger partial charge on any atom is 0.226 e. The highest BCUT2D eigenvalue weighted by Gasteiger charge is 2.30. The summed E-state index contributed by atoms with van der Waals surface area (Å²) in [5.41, 5.74) is 28.9. The van der Waals surface area contributed by atoms with Crippen LogP contribution in [0.2, 0.25) is 0 Å². The second-order valence-electron chi connectivity index (χ2n) is 39.4. The SMILES string of the molecule is CCc1ccc(-c2nc(CCOc3ccc4c(c3)CC[C@@H]4CC(C)=O)c(C)o2)cc1.CCc1ccc(-c2nc(CCOc3ccc4c(c3)CC[C@H]4CC(C)=O)c(C)o2)cc1.CCc1oc(-c2ccc(CO)cc2)nc1CCOc1ccc2c(c1)CC[C@@H]2CC.CCc1oc(-c2ccc(CO)cc2)nc1CCOc1ccc2c(c1)CC[C@@H]2CC.CCc1oc(-c2ccc(CO)cc2)nc1CCOc1ccc2c(c1)CC[C@H]2CC. The van der Waals surface area contributed by atoms with E-state index in [2.05, 4.69) is 193 Å². The second kappa shape index (κ2) is 51.7. The van der Waals surface area contributed by atoms with Crippen LogP contribution in [0.25, 0.3) is 57.3 Å². The fourth-order valence-electron chi connectivity index (χ4n) is 21.1. The topological polar surface area (TPSA) is 271 Å². The van der Waals surface area contributed by atoms with Crippen LogP contribution >= 0.6 is 0 Å². The van der Waals surface area contributed by atoms with E-state index in [0.717, 1.165) is 227 Å². The number of ether oxygens (including phenoxy) is 5. The van der Waals surface area contributed by atoms with Gasteiger partial charge in [0.1, 0.15) is 69.1 Å². The lowest BCUT2D eigenvalue weighted by Gasteiger charge is -2.11. The summed E-state index contributed by atoms with van der Waals surface area (Å²) in [7, 11) is 0. The van der Waals surface area contributed by atoms with E-state index >= 15 is 0 Å². The van der Waals surface area contributed by atoms with Crippen LogP contribution in [0.1, 0.15) is 304 Å². The summed E-state index contributed by atoms with van der Waals surface area (Å²) in [4.78, 5) is 46.4. The number of carbonyl (C=O) groups is 2. The smallest absolute Gasteiger partial charge is 0.226 e. The highest BCUT2D eigenvalue weighted by atomic mass is 16.5. The lowest BCUT2D eigenvalue weighted by molar-refractivity contribution is -0.118. The molecule has 0 saturated carbocycles. The Hall–Kier alpha value is -13.5. The molecule has 0 unspecified atom stereocenters. The summed E-state index contributed by atoms with van der Waals surface area (Å²) in [5, 5.41) is 27.6. The Kier molecular flexibility index (Phi) is 37.4. The first-order valence-corrected chi connectivity index (χ1v) is 53.6. The van der Waals surface area contributed by atoms with Gasteiger partial charge in [0.25, 0.3) is 0 Å². The third-order valence-corrected chi connectivity index (χ3v) is 29.6. The number of hydrogen-bond acceptors (Lipinski definition) is 20. The lowest BCUT2D eigenvalue weighted by atomic mass is 9.96. The van der Waals surface area contributed by atoms with E-state index in [4.69, 9.17) is 60.7 Å². The normalized spacial score (nSPS) is 15.4. The van der Waals surface area contributed by atoms with Crippen LogP contribution in [-0.2, 0) is 126 Å². The molecule has 5 aromatic heterocycles. The van der Waals surface area contributed by atoms with Crippen molar-refractivity contribution < 1.29 is 70.7 Å². The average molecular weight is 1980 g/mol. The number of aliphatic hydroxyl groups excluding tert-OH is 3. The van der Waals surface area contributed by atoms with Gasteiger partial charge in [0, 0.05) is 92.0 Å². The van der Waals surface area contributed by atoms with Crippen molar-refractivity contribution in [2.75, 3.05) is 33.0 Å². The summed E-state index contributed by atoms with van der Waals surface area (Å²) in [5.74, 6) is 15.6. The Morgan fingerprint density at radius 2 is 0.497 bits per heavy atom. The number of Topliss-reactive ketones (excluding diaryl/α,β-unsaturated/α-hetero) is 2. The van der Waals surface area contributed by atoms with Crippen molar-refractivity contribution in [3.8, 4) is 86.0 Å². The van der Waals surface area contributed by atoms with Gasteiger partial charge in [0.05, 0.1) is 81.3 Å². The third-order valence-electron chi connectivity index (χ3n) is 29.6. The number of rotatable bonds is 40. The van der Waals surface area contributed by atoms with Gasteiger partial charge in [-0.3, -0.25) is 0 Å². The van der Waals surface area contributed by atoms with Crippen molar-refractivity contribution >= 4 is 11.6 Å². The van der Waals surface area contributed by atoms with E-state index in [-0.39, 0.29) is 31.4 Å². The average Bonchev–Trinajstić information content (AvgIpc) is 1.64. The van der Waals surface area contributed by atoms with Gasteiger partial charge >= 0.3 is 0 Å². The van der Waals surface area contributed by atoms with Gasteiger partial charge in [-0.2, -0.15) is 0 Å². The number of aromatic nitrogens is 5. The molecule has 0 saturated heterocycles. The zero-order valence-electron chi connectivity index (χ0n) is 87.9. The number of benzene rings is 10. The van der Waals surface area contributed by atoms with E-state index in [1.54, 1.807) is 13.8 Å². The molecule has 0 spiro atoms. The number of aryl methyl sites for hydroxylation is 12. The molecule has 768 valence electrons. The van der Waals surface area contributed by atoms with Crippen LogP contribution in [0.3, 0.4) is 0 Å². The van der Waals surface area contributed by atoms with Crippen LogP contribution in [0, 0.1) is 13.8 Å². The molecule has 20 nitrogen and oxygen atoms in total. The molecule has 5 aliphatic rings. The number of hydrogen-bond donors (Lipinski definition) is 3. The van der Waals surface area contributed by atoms with E-state index in [1.165, 1.54) is 105 Å². The standard InChI is InChI=1S/2C26H29NO3.3C25H29NO3/c2*1-4-19-5-7-20(8-6-19)26-27-25(18(3)30-26)13-14-29-23-11-12-24-21(15-17(2)28)9-10-22(24)16-23;3*1-3-18-9-10-20-15-21(11-12-22(18)20)28-14-13-23-24(4-2)29-25(26-23)19-7-5-17(16-27)6-8-19/h2*5-8,11-12,16,21H,4,9-10,13-15H2,1-3H3;3*5-8,11-12,15,18,27H,3-4,9-10,13-14,16H2,1-2H3/t2*21-;3*18-/m10100/s1. The second-order valence-corrected chi connectivity index (χ2v) is 39.4. The quantitative estimate of drug-likeness (QED) is 0.0322. The lowest BCUT2D eigenvalue weighted by Crippen LogP contribution is -2.04. The molecule has 0 amide bonds. The van der Waals surface area contributed by atoms with Crippen LogP contribution in [-0.4, -0.2) is 84.8 Å². The molecule has 5 atom stereocenters. The Bertz CT molecular complexity index is 6290. The number of fused-ring (bicyclic) bond motifs is 5. The molecule has 10 aromatic carbocycles. The number of ketones is 2. The first-order valence-electron chi connectivity index (χ1n) is 53.6. The van der Waals surface area contributed by atoms with Crippen LogP contribution in [0.15, 0.2) is 234 Å². The monoisotopic (exact) mass is 1980 g/mol. The van der Waals surface area contributed by atoms with Crippen LogP contribution < -0.4 is 23.7 Å². The first kappa shape index (κ1) is 106. The highest BCUT2D eigenvalue weighted by Crippen LogP contribution is 2.44. The molecule has 5 heterocycles. The summed E-state index contributed by atoms with van der Waals surface area (Å²) >= 11 is 0. The van der Waals surface area contributed by atoms with E-state index in [9.17, 15) is 24.9 Å². The zero-order chi connectivity index (χ0) is 103. The fraction of sp³-hybridized carbons (Fsp3) is 0.394. The minimum Gasteiger partial charge on any atom is -0.493 e. The van der Waals surface area contributed by atoms with Crippen LogP contribution in [0.5, 0.6) is 28.7 Å². The van der Waals surface area contributed by atoms with Crippen molar-refractivity contribution in [3.63, 3.8) is 0 Å². The van der Waals surface area contributed by atoms with Gasteiger partial charge in [-0.05, 0) is 358 Å². The first-order chi connectivity index (χ1) is 71.7. The molecule has 0 radical (unpaired) electrons. The molecule has 3 N–H and O–H groups in total. The van der Waals surface area contributed by atoms with Crippen molar-refractivity contribution in [2.45, 2.75) is 293 Å². The molecular formula is C127H145N5O15. The predicted molar refractivity (Wildman–Crippen MR) is 579 cm³/mol. The highest BCUT2D eigenvalue weighted by molar-refractivity contribution is 5.77. The number of nitrogens with zero attached hydrogens (tertiary/aromatic N) is 5. The van der Waals surface area contributed by atoms with E-state index in [1.807, 2.05) is 98.8 Å². The Balaban J connectivity index is 0.000000131. The third kappa shape index (κ3) is 27.5. The molecule has 0 fully saturated rings. The molecule has 0 bridgehead atoms. The minimum absolute atomic E-state index is 0.0382. The summed E-state index contributed by atoms with van der Waals surface area (Å²) < 4.78 is 59.8. The van der Waals surface area contributed by atoms with Gasteiger partial charge in [-0.25, -0.2) is 24.9 Å². The van der Waals surface area contributed by atoms with Crippen LogP contribution in [0.4, 0.5) is 0 Å². The molecule has 20 rings (SSSR count). The molecule has 5 aliphatic carbocycles. The van der Waals surface area contributed by atoms with E-state index < -0.39 is 0 Å². The maximum atomic E-state index is 11.5. The summed E-state index contributed by atoms with van der Waals surface area (Å²) in [6, 6.07) is 71.9. The van der Waals surface area contributed by atoms with E-state index in [0.29, 0.717) is 118 Å². The fourth-order valence-corrected chi connectivity index (χ4v) is 21.1. The van der Waals surface area contributed by atoms with Crippen molar-refractivity contribution in [1.29, 1.82) is 0 Å². The largest absolute Gasteiger partial charge is 0.493 e. The van der Waals surface area contributed by atoms with Gasteiger partial charge < -0.3 is 70.7 Å². The number of oxazole rings is 5. The zero-order valence-corrected chi connectivity index (χ0v) is 87.9. The van der Waals surface area contributed by atoms with Crippen molar-refractivity contribution in [1.82, 2.24) is 24.9 Å². The maximum absolute atomic E-state index is 11.5. The molecule has 147 heavy (non-hydrogen) atoms. The van der Waals surface area contributed by atoms with Crippen molar-refractivity contribution in [2.24, 2.45) is 0 Å². The summed E-state index contributed by atoms with van der Waals surface area (Å²) in [6.07, 6.45) is 24.3. The number of carbonyl (C=O) groups excluding carboxylic acids is 2. The minimum atomic E-state index is 0.0382. The van der Waals surface area contributed by atoms with Gasteiger partial charge in [-0.15, -0.1) is 0 Å². The molecule has 0 aliphatic heterocycles. The van der Waals surface area contributed by atoms with Gasteiger partial charge in [-0.1, -0.05) is 146 Å². The van der Waals surface area contributed by atoms with Crippen molar-refractivity contribution in [3.05, 3.63) is 353 Å². The van der Waals surface area contributed by atoms with Gasteiger partial charge in [0.2, 0.25) is 29.5 Å². The molecule has 20 heteroatoms. The predicted octanol–water partition coefficient (Wildman–Crippen LogP) is 28.1. The number of aliphatic hydroxyl groups is 3.